The summed E-state index contributed by atoms with van der Waals surface area (Å²) in [5, 5.41) is 6.39. The summed E-state index contributed by atoms with van der Waals surface area (Å²) in [5.74, 6) is 0. The first-order valence-electron chi connectivity index (χ1n) is 8.87. The Hall–Kier alpha value is -1.21. The van der Waals surface area contributed by atoms with Crippen LogP contribution in [0.5, 0.6) is 0 Å². The van der Waals surface area contributed by atoms with Crippen molar-refractivity contribution in [3.8, 4) is 0 Å². The molecule has 2 aromatic rings. The molecule has 2 aliphatic rings. The van der Waals surface area contributed by atoms with Gasteiger partial charge in [-0.1, -0.05) is 6.07 Å². The second-order valence-electron chi connectivity index (χ2n) is 6.59. The molecule has 0 unspecified atom stereocenters. The lowest BCUT2D eigenvalue weighted by Gasteiger charge is -2.32. The monoisotopic (exact) mass is 347 g/mol. The molecule has 24 heavy (non-hydrogen) atoms. The van der Waals surface area contributed by atoms with Gasteiger partial charge < -0.3 is 9.47 Å². The van der Waals surface area contributed by atoms with Gasteiger partial charge in [-0.25, -0.2) is 0 Å². The van der Waals surface area contributed by atoms with E-state index in [0.29, 0.717) is 6.04 Å². The van der Waals surface area contributed by atoms with Gasteiger partial charge in [-0.2, -0.15) is 5.10 Å². The lowest BCUT2D eigenvalue weighted by molar-refractivity contribution is -0.0780. The number of rotatable bonds is 7. The van der Waals surface area contributed by atoms with Gasteiger partial charge in [0.25, 0.3) is 0 Å². The highest BCUT2D eigenvalue weighted by atomic mass is 32.1. The number of nitrogens with zero attached hydrogens (tertiary/aromatic N) is 3. The smallest absolute Gasteiger partial charge is 0.100 e. The second kappa shape index (κ2) is 7.78. The molecule has 4 heterocycles. The van der Waals surface area contributed by atoms with Crippen LogP contribution in [-0.4, -0.2) is 52.7 Å². The highest BCUT2D eigenvalue weighted by Crippen LogP contribution is 2.32. The molecule has 2 fully saturated rings. The summed E-state index contributed by atoms with van der Waals surface area (Å²) in [7, 11) is 0. The van der Waals surface area contributed by atoms with Gasteiger partial charge in [0, 0.05) is 56.2 Å². The molecule has 130 valence electrons. The van der Waals surface area contributed by atoms with Crippen LogP contribution in [0.3, 0.4) is 0 Å². The summed E-state index contributed by atoms with van der Waals surface area (Å²) in [6.45, 7) is 4.56. The van der Waals surface area contributed by atoms with Gasteiger partial charge in [-0.15, -0.1) is 11.3 Å². The molecule has 0 saturated carbocycles. The molecular formula is C18H25N3O2S. The van der Waals surface area contributed by atoms with Crippen LogP contribution < -0.4 is 0 Å². The third kappa shape index (κ3) is 3.72. The van der Waals surface area contributed by atoms with Gasteiger partial charge in [0.15, 0.2) is 0 Å². The maximum Gasteiger partial charge on any atom is 0.100 e. The number of fused-ring (bicyclic) bond motifs is 1. The van der Waals surface area contributed by atoms with E-state index >= 15 is 0 Å². The molecule has 6 heteroatoms. The normalized spacial score (nSPS) is 27.4. The van der Waals surface area contributed by atoms with E-state index in [0.717, 1.165) is 45.7 Å². The molecule has 0 radical (unpaired) electrons. The Morgan fingerprint density at radius 1 is 1.38 bits per heavy atom. The standard InChI is InChI=1S/C18H25N3O2S/c1-6-16-18(23-10-1)17(14-20(16)13-15-5-2-12-24-15)22-11-4-9-21-8-3-7-19-21/h2-3,5,7-8,12,16-18H,1,4,6,9-11,13-14H2/t16-,17+,18+/m0/s1. The van der Waals surface area contributed by atoms with E-state index in [9.17, 15) is 0 Å². The molecule has 0 bridgehead atoms. The van der Waals surface area contributed by atoms with Crippen molar-refractivity contribution in [3.63, 3.8) is 0 Å². The molecule has 2 saturated heterocycles. The molecule has 0 amide bonds. The predicted octanol–water partition coefficient (Wildman–Crippen LogP) is 2.78. The van der Waals surface area contributed by atoms with Crippen molar-refractivity contribution in [2.75, 3.05) is 19.8 Å². The molecular weight excluding hydrogens is 322 g/mol. The van der Waals surface area contributed by atoms with Gasteiger partial charge in [-0.05, 0) is 36.8 Å². The van der Waals surface area contributed by atoms with Crippen molar-refractivity contribution in [3.05, 3.63) is 40.8 Å². The van der Waals surface area contributed by atoms with Gasteiger partial charge >= 0.3 is 0 Å². The quantitative estimate of drug-likeness (QED) is 0.722. The molecule has 0 aliphatic carbocycles. The summed E-state index contributed by atoms with van der Waals surface area (Å²) in [4.78, 5) is 3.99. The van der Waals surface area contributed by atoms with Crippen LogP contribution in [0.15, 0.2) is 36.0 Å². The lowest BCUT2D eigenvalue weighted by atomic mass is 10.0. The van der Waals surface area contributed by atoms with Gasteiger partial charge in [0.05, 0.1) is 6.10 Å². The van der Waals surface area contributed by atoms with E-state index < -0.39 is 0 Å². The average Bonchev–Trinajstić information content (AvgIpc) is 3.35. The van der Waals surface area contributed by atoms with Crippen LogP contribution in [0.1, 0.15) is 24.1 Å². The number of thiophene rings is 1. The minimum Gasteiger partial charge on any atom is -0.374 e. The zero-order chi connectivity index (χ0) is 16.2. The van der Waals surface area contributed by atoms with Crippen LogP contribution in [-0.2, 0) is 22.6 Å². The number of ether oxygens (including phenoxy) is 2. The average molecular weight is 347 g/mol. The Bertz CT molecular complexity index is 602. The van der Waals surface area contributed by atoms with Crippen LogP contribution in [0.4, 0.5) is 0 Å². The number of aryl methyl sites for hydroxylation is 1. The summed E-state index contributed by atoms with van der Waals surface area (Å²) in [5.41, 5.74) is 0. The minimum absolute atomic E-state index is 0.202. The molecule has 2 aromatic heterocycles. The summed E-state index contributed by atoms with van der Waals surface area (Å²) < 4.78 is 14.3. The zero-order valence-electron chi connectivity index (χ0n) is 13.9. The van der Waals surface area contributed by atoms with Crippen LogP contribution in [0.2, 0.25) is 0 Å². The van der Waals surface area contributed by atoms with Crippen LogP contribution >= 0.6 is 11.3 Å². The van der Waals surface area contributed by atoms with E-state index in [2.05, 4.69) is 27.5 Å². The highest BCUT2D eigenvalue weighted by molar-refractivity contribution is 7.09. The van der Waals surface area contributed by atoms with Gasteiger partial charge in [-0.3, -0.25) is 9.58 Å². The van der Waals surface area contributed by atoms with Crippen molar-refractivity contribution in [1.82, 2.24) is 14.7 Å². The van der Waals surface area contributed by atoms with Gasteiger partial charge in [0.1, 0.15) is 6.10 Å². The topological polar surface area (TPSA) is 39.5 Å². The summed E-state index contributed by atoms with van der Waals surface area (Å²) >= 11 is 1.84. The first-order valence-corrected chi connectivity index (χ1v) is 9.75. The first kappa shape index (κ1) is 16.3. The molecule has 4 rings (SSSR count). The number of hydrogen-bond acceptors (Lipinski definition) is 5. The Balaban J connectivity index is 1.30. The van der Waals surface area contributed by atoms with Crippen molar-refractivity contribution >= 4 is 11.3 Å². The zero-order valence-corrected chi connectivity index (χ0v) is 14.7. The third-order valence-corrected chi connectivity index (χ3v) is 5.81. The molecule has 5 nitrogen and oxygen atoms in total. The largest absolute Gasteiger partial charge is 0.374 e. The van der Waals surface area contributed by atoms with E-state index in [-0.39, 0.29) is 12.2 Å². The lowest BCUT2D eigenvalue weighted by Crippen LogP contribution is -2.41. The fourth-order valence-electron chi connectivity index (χ4n) is 3.83. The van der Waals surface area contributed by atoms with E-state index in [4.69, 9.17) is 9.47 Å². The van der Waals surface area contributed by atoms with E-state index in [1.807, 2.05) is 34.5 Å². The number of aromatic nitrogens is 2. The van der Waals surface area contributed by atoms with Gasteiger partial charge in [0.2, 0.25) is 0 Å². The van der Waals surface area contributed by atoms with Crippen molar-refractivity contribution in [2.45, 2.75) is 50.6 Å². The molecule has 0 spiro atoms. The fraction of sp³-hybridized carbons (Fsp3) is 0.611. The maximum absolute atomic E-state index is 6.22. The van der Waals surface area contributed by atoms with E-state index in [1.54, 1.807) is 0 Å². The van der Waals surface area contributed by atoms with Crippen molar-refractivity contribution in [1.29, 1.82) is 0 Å². The predicted molar refractivity (Wildman–Crippen MR) is 94.1 cm³/mol. The molecule has 3 atom stereocenters. The highest BCUT2D eigenvalue weighted by Gasteiger charge is 2.44. The van der Waals surface area contributed by atoms with Crippen molar-refractivity contribution in [2.24, 2.45) is 0 Å². The Morgan fingerprint density at radius 3 is 3.21 bits per heavy atom. The molecule has 0 aromatic carbocycles. The number of hydrogen-bond donors (Lipinski definition) is 0. The molecule has 0 N–H and O–H groups in total. The van der Waals surface area contributed by atoms with Crippen LogP contribution in [0, 0.1) is 0 Å². The minimum atomic E-state index is 0.202. The van der Waals surface area contributed by atoms with Crippen LogP contribution in [0.25, 0.3) is 0 Å². The fourth-order valence-corrected chi connectivity index (χ4v) is 4.56. The third-order valence-electron chi connectivity index (χ3n) is 4.95. The SMILES string of the molecule is c1csc(CN2C[C@@H](OCCCn3cccn3)[C@@H]3OCCC[C@@H]32)c1. The first-order chi connectivity index (χ1) is 11.9. The maximum atomic E-state index is 6.22. The summed E-state index contributed by atoms with van der Waals surface area (Å²) in [6.07, 6.45) is 7.63. The van der Waals surface area contributed by atoms with E-state index in [1.165, 1.54) is 11.3 Å². The summed E-state index contributed by atoms with van der Waals surface area (Å²) in [6, 6.07) is 6.83. The second-order valence-corrected chi connectivity index (χ2v) is 7.62. The number of likely N-dealkylation sites (tertiary alicyclic amines) is 1. The molecule has 2 aliphatic heterocycles. The Kier molecular flexibility index (Phi) is 5.27. The van der Waals surface area contributed by atoms with Crippen molar-refractivity contribution < 1.29 is 9.47 Å². The Morgan fingerprint density at radius 2 is 2.38 bits per heavy atom. The Labute approximate surface area is 147 Å².